The number of carbonyl (C=O) groups is 1. The van der Waals surface area contributed by atoms with Gasteiger partial charge in [-0.25, -0.2) is 9.37 Å². The molecule has 0 atom stereocenters. The van der Waals surface area contributed by atoms with Crippen molar-refractivity contribution in [3.8, 4) is 10.6 Å². The van der Waals surface area contributed by atoms with E-state index >= 15 is 0 Å². The van der Waals surface area contributed by atoms with Crippen molar-refractivity contribution >= 4 is 17.2 Å². The highest BCUT2D eigenvalue weighted by Gasteiger charge is 2.21. The van der Waals surface area contributed by atoms with Gasteiger partial charge in [-0.15, -0.1) is 11.3 Å². The molecule has 0 unspecified atom stereocenters. The molecule has 116 valence electrons. The standard InChI is InChI=1S/C16H18FN3OS/c17-11-3-1-10(2-4-11)16-20-14(9-22-16)15(21)19-13-7-5-12(18)6-8-13/h1-4,9,12-13H,5-8,18H2,(H,19,21). The molecular formula is C16H18FN3OS. The minimum absolute atomic E-state index is 0.148. The van der Waals surface area contributed by atoms with Crippen LogP contribution in [0.1, 0.15) is 36.2 Å². The maximum absolute atomic E-state index is 12.9. The molecule has 0 spiro atoms. The quantitative estimate of drug-likeness (QED) is 0.914. The Labute approximate surface area is 132 Å². The molecule has 1 heterocycles. The number of nitrogens with two attached hydrogens (primary N) is 1. The summed E-state index contributed by atoms with van der Waals surface area (Å²) in [6.45, 7) is 0. The lowest BCUT2D eigenvalue weighted by Gasteiger charge is -2.26. The predicted molar refractivity (Wildman–Crippen MR) is 85.2 cm³/mol. The minimum atomic E-state index is -0.284. The Hall–Kier alpha value is -1.79. The molecule has 2 aromatic rings. The summed E-state index contributed by atoms with van der Waals surface area (Å²) in [5.74, 6) is -0.432. The van der Waals surface area contributed by atoms with Crippen molar-refractivity contribution in [3.63, 3.8) is 0 Å². The first-order chi connectivity index (χ1) is 10.6. The first-order valence-corrected chi connectivity index (χ1v) is 8.27. The van der Waals surface area contributed by atoms with E-state index < -0.39 is 0 Å². The van der Waals surface area contributed by atoms with Crippen LogP contribution in [0.2, 0.25) is 0 Å². The number of amides is 1. The highest BCUT2D eigenvalue weighted by Crippen LogP contribution is 2.24. The number of thiazole rings is 1. The fraction of sp³-hybridized carbons (Fsp3) is 0.375. The summed E-state index contributed by atoms with van der Waals surface area (Å²) in [6, 6.07) is 6.56. The number of hydrogen-bond acceptors (Lipinski definition) is 4. The third kappa shape index (κ3) is 3.51. The van der Waals surface area contributed by atoms with Crippen molar-refractivity contribution in [2.45, 2.75) is 37.8 Å². The molecule has 1 aromatic heterocycles. The van der Waals surface area contributed by atoms with E-state index in [-0.39, 0.29) is 23.8 Å². The monoisotopic (exact) mass is 319 g/mol. The first-order valence-electron chi connectivity index (χ1n) is 7.40. The summed E-state index contributed by atoms with van der Waals surface area (Å²) in [4.78, 5) is 16.6. The van der Waals surface area contributed by atoms with Gasteiger partial charge in [0.2, 0.25) is 0 Å². The summed E-state index contributed by atoms with van der Waals surface area (Å²) in [5, 5.41) is 5.48. The fourth-order valence-corrected chi connectivity index (χ4v) is 3.43. The van der Waals surface area contributed by atoms with Gasteiger partial charge >= 0.3 is 0 Å². The highest BCUT2D eigenvalue weighted by molar-refractivity contribution is 7.13. The summed E-state index contributed by atoms with van der Waals surface area (Å²) >= 11 is 1.38. The minimum Gasteiger partial charge on any atom is -0.348 e. The van der Waals surface area contributed by atoms with Crippen molar-refractivity contribution in [1.82, 2.24) is 10.3 Å². The lowest BCUT2D eigenvalue weighted by molar-refractivity contribution is 0.0921. The maximum Gasteiger partial charge on any atom is 0.270 e. The SMILES string of the molecule is NC1CCC(NC(=O)c2csc(-c3ccc(F)cc3)n2)CC1. The molecular weight excluding hydrogens is 301 g/mol. The molecule has 1 fully saturated rings. The summed E-state index contributed by atoms with van der Waals surface area (Å²) in [5.41, 5.74) is 7.10. The van der Waals surface area contributed by atoms with Crippen LogP contribution in [0, 0.1) is 5.82 Å². The zero-order valence-corrected chi connectivity index (χ0v) is 12.9. The Morgan fingerprint density at radius 2 is 1.91 bits per heavy atom. The Balaban J connectivity index is 1.65. The van der Waals surface area contributed by atoms with Gasteiger partial charge in [-0.2, -0.15) is 0 Å². The van der Waals surface area contributed by atoms with Gasteiger partial charge in [-0.1, -0.05) is 0 Å². The number of benzene rings is 1. The smallest absolute Gasteiger partial charge is 0.270 e. The predicted octanol–water partition coefficient (Wildman–Crippen LogP) is 2.95. The molecule has 1 aliphatic rings. The van der Waals surface area contributed by atoms with E-state index in [0.717, 1.165) is 36.3 Å². The van der Waals surface area contributed by atoms with E-state index in [2.05, 4.69) is 10.3 Å². The van der Waals surface area contributed by atoms with Gasteiger partial charge in [0.05, 0.1) is 0 Å². The third-order valence-corrected chi connectivity index (χ3v) is 4.83. The van der Waals surface area contributed by atoms with Crippen molar-refractivity contribution in [3.05, 3.63) is 41.2 Å². The average molecular weight is 319 g/mol. The van der Waals surface area contributed by atoms with E-state index in [4.69, 9.17) is 5.73 Å². The fourth-order valence-electron chi connectivity index (χ4n) is 2.63. The van der Waals surface area contributed by atoms with Crippen LogP contribution in [0.5, 0.6) is 0 Å². The number of nitrogens with zero attached hydrogens (tertiary/aromatic N) is 1. The Morgan fingerprint density at radius 3 is 2.59 bits per heavy atom. The zero-order chi connectivity index (χ0) is 15.5. The van der Waals surface area contributed by atoms with E-state index in [0.29, 0.717) is 5.69 Å². The van der Waals surface area contributed by atoms with Crippen LogP contribution in [0.25, 0.3) is 10.6 Å². The molecule has 4 nitrogen and oxygen atoms in total. The number of hydrogen-bond donors (Lipinski definition) is 2. The Bertz CT molecular complexity index is 648. The second-order valence-electron chi connectivity index (χ2n) is 5.63. The number of carbonyl (C=O) groups excluding carboxylic acids is 1. The van der Waals surface area contributed by atoms with Crippen LogP contribution in [0.4, 0.5) is 4.39 Å². The van der Waals surface area contributed by atoms with E-state index in [9.17, 15) is 9.18 Å². The molecule has 1 amide bonds. The molecule has 1 aromatic carbocycles. The molecule has 0 aliphatic heterocycles. The average Bonchev–Trinajstić information content (AvgIpc) is 3.00. The van der Waals surface area contributed by atoms with Crippen LogP contribution in [0.15, 0.2) is 29.6 Å². The molecule has 1 saturated carbocycles. The lowest BCUT2D eigenvalue weighted by Crippen LogP contribution is -2.40. The summed E-state index contributed by atoms with van der Waals surface area (Å²) in [7, 11) is 0. The van der Waals surface area contributed by atoms with Gasteiger partial charge in [0, 0.05) is 23.0 Å². The molecule has 22 heavy (non-hydrogen) atoms. The molecule has 3 rings (SSSR count). The van der Waals surface area contributed by atoms with E-state index in [1.165, 1.54) is 23.5 Å². The van der Waals surface area contributed by atoms with Crippen molar-refractivity contribution < 1.29 is 9.18 Å². The van der Waals surface area contributed by atoms with Crippen LogP contribution >= 0.6 is 11.3 Å². The largest absolute Gasteiger partial charge is 0.348 e. The molecule has 0 radical (unpaired) electrons. The second-order valence-corrected chi connectivity index (χ2v) is 6.49. The van der Waals surface area contributed by atoms with E-state index in [1.54, 1.807) is 17.5 Å². The number of rotatable bonds is 3. The van der Waals surface area contributed by atoms with Gasteiger partial charge in [0.1, 0.15) is 16.5 Å². The van der Waals surface area contributed by atoms with Crippen LogP contribution in [-0.4, -0.2) is 23.0 Å². The Kier molecular flexibility index (Phi) is 4.49. The van der Waals surface area contributed by atoms with Crippen molar-refractivity contribution in [2.75, 3.05) is 0 Å². The topological polar surface area (TPSA) is 68.0 Å². The summed E-state index contributed by atoms with van der Waals surface area (Å²) in [6.07, 6.45) is 3.73. The first kappa shape index (κ1) is 15.1. The van der Waals surface area contributed by atoms with Gasteiger partial charge in [0.25, 0.3) is 5.91 Å². The maximum atomic E-state index is 12.9. The van der Waals surface area contributed by atoms with Crippen LogP contribution in [0.3, 0.4) is 0 Å². The molecule has 6 heteroatoms. The van der Waals surface area contributed by atoms with Gasteiger partial charge < -0.3 is 11.1 Å². The number of nitrogens with one attached hydrogen (secondary N) is 1. The normalized spacial score (nSPS) is 21.5. The van der Waals surface area contributed by atoms with Crippen molar-refractivity contribution in [2.24, 2.45) is 5.73 Å². The van der Waals surface area contributed by atoms with Crippen LogP contribution in [-0.2, 0) is 0 Å². The Morgan fingerprint density at radius 1 is 1.23 bits per heavy atom. The van der Waals surface area contributed by atoms with Gasteiger partial charge in [-0.3, -0.25) is 4.79 Å². The zero-order valence-electron chi connectivity index (χ0n) is 12.1. The molecule has 0 saturated heterocycles. The van der Waals surface area contributed by atoms with Crippen molar-refractivity contribution in [1.29, 1.82) is 0 Å². The summed E-state index contributed by atoms with van der Waals surface area (Å²) < 4.78 is 12.9. The second kappa shape index (κ2) is 6.54. The lowest BCUT2D eigenvalue weighted by atomic mass is 9.92. The van der Waals surface area contributed by atoms with Gasteiger partial charge in [-0.05, 0) is 49.9 Å². The van der Waals surface area contributed by atoms with Crippen LogP contribution < -0.4 is 11.1 Å². The van der Waals surface area contributed by atoms with E-state index in [1.807, 2.05) is 0 Å². The third-order valence-electron chi connectivity index (χ3n) is 3.94. The molecule has 3 N–H and O–H groups in total. The molecule has 0 bridgehead atoms. The molecule has 1 aliphatic carbocycles. The highest BCUT2D eigenvalue weighted by atomic mass is 32.1. The number of halogens is 1. The van der Waals surface area contributed by atoms with Gasteiger partial charge in [0.15, 0.2) is 0 Å². The number of aromatic nitrogens is 1.